The quantitative estimate of drug-likeness (QED) is 0.624. The standard InChI is InChI=1S/C23H34N2O5/c1-6-10-20(26)29-16-19-14-13-17(2)24(19)21(27)25(23(3,4)5)22(28)30-15-18-11-8-7-9-12-18/h7-9,11-12,17,19H,6,10,13-16H2,1-5H3/t17-,19-/m1/s1. The zero-order valence-corrected chi connectivity index (χ0v) is 18.7. The third kappa shape index (κ3) is 6.21. The van der Waals surface area contributed by atoms with E-state index in [1.54, 1.807) is 25.7 Å². The molecule has 0 saturated carbocycles. The van der Waals surface area contributed by atoms with E-state index in [1.165, 1.54) is 4.90 Å². The molecule has 0 radical (unpaired) electrons. The van der Waals surface area contributed by atoms with Crippen molar-refractivity contribution in [3.63, 3.8) is 0 Å². The molecule has 7 heteroatoms. The molecular weight excluding hydrogens is 384 g/mol. The Morgan fingerprint density at radius 1 is 1.10 bits per heavy atom. The first kappa shape index (κ1) is 23.7. The predicted octanol–water partition coefficient (Wildman–Crippen LogP) is 4.74. The van der Waals surface area contributed by atoms with Crippen molar-refractivity contribution in [1.29, 1.82) is 0 Å². The SMILES string of the molecule is CCCC(=O)OC[C@H]1CC[C@@H](C)N1C(=O)N(C(=O)OCc1ccccc1)C(C)(C)C. The Labute approximate surface area is 179 Å². The maximum absolute atomic E-state index is 13.4. The van der Waals surface area contributed by atoms with Gasteiger partial charge < -0.3 is 14.4 Å². The monoisotopic (exact) mass is 418 g/mol. The molecule has 166 valence electrons. The minimum atomic E-state index is -0.767. The lowest BCUT2D eigenvalue weighted by atomic mass is 10.1. The van der Waals surface area contributed by atoms with Gasteiger partial charge >= 0.3 is 18.1 Å². The molecule has 1 heterocycles. The highest BCUT2D eigenvalue weighted by Gasteiger charge is 2.43. The van der Waals surface area contributed by atoms with Crippen molar-refractivity contribution in [2.24, 2.45) is 0 Å². The summed E-state index contributed by atoms with van der Waals surface area (Å²) in [5, 5.41) is 0. The first-order valence-corrected chi connectivity index (χ1v) is 10.6. The van der Waals surface area contributed by atoms with Crippen LogP contribution in [0.3, 0.4) is 0 Å². The summed E-state index contributed by atoms with van der Waals surface area (Å²) in [5.41, 5.74) is 0.0822. The van der Waals surface area contributed by atoms with Crippen molar-refractivity contribution >= 4 is 18.1 Å². The van der Waals surface area contributed by atoms with Crippen molar-refractivity contribution in [3.05, 3.63) is 35.9 Å². The molecule has 2 rings (SSSR count). The number of esters is 1. The molecular formula is C23H34N2O5. The number of urea groups is 1. The Morgan fingerprint density at radius 2 is 1.77 bits per heavy atom. The van der Waals surface area contributed by atoms with Crippen LogP contribution in [0, 0.1) is 0 Å². The molecule has 0 spiro atoms. The third-order valence-corrected chi connectivity index (χ3v) is 5.15. The van der Waals surface area contributed by atoms with Gasteiger partial charge in [0, 0.05) is 18.0 Å². The number of likely N-dealkylation sites (tertiary alicyclic amines) is 1. The van der Waals surface area contributed by atoms with Crippen molar-refractivity contribution in [2.45, 2.75) is 84.5 Å². The van der Waals surface area contributed by atoms with Crippen molar-refractivity contribution in [1.82, 2.24) is 9.80 Å². The van der Waals surface area contributed by atoms with Gasteiger partial charge in [-0.25, -0.2) is 14.5 Å². The van der Waals surface area contributed by atoms with Gasteiger partial charge in [0.15, 0.2) is 0 Å². The highest BCUT2D eigenvalue weighted by Crippen LogP contribution is 2.29. The van der Waals surface area contributed by atoms with Gasteiger partial charge in [-0.15, -0.1) is 0 Å². The largest absolute Gasteiger partial charge is 0.463 e. The third-order valence-electron chi connectivity index (χ3n) is 5.15. The van der Waals surface area contributed by atoms with Crippen LogP contribution in [0.15, 0.2) is 30.3 Å². The maximum atomic E-state index is 13.4. The van der Waals surface area contributed by atoms with Gasteiger partial charge in [0.1, 0.15) is 13.2 Å². The minimum absolute atomic E-state index is 0.0563. The highest BCUT2D eigenvalue weighted by atomic mass is 16.6. The Morgan fingerprint density at radius 3 is 2.37 bits per heavy atom. The number of amides is 3. The Hall–Kier alpha value is -2.57. The summed E-state index contributed by atoms with van der Waals surface area (Å²) in [5.74, 6) is -0.264. The Balaban J connectivity index is 2.11. The number of hydrogen-bond acceptors (Lipinski definition) is 5. The van der Waals surface area contributed by atoms with Gasteiger partial charge in [0.25, 0.3) is 0 Å². The average molecular weight is 419 g/mol. The lowest BCUT2D eigenvalue weighted by molar-refractivity contribution is -0.145. The van der Waals surface area contributed by atoms with E-state index in [4.69, 9.17) is 9.47 Å². The predicted molar refractivity (Wildman–Crippen MR) is 114 cm³/mol. The molecule has 0 unspecified atom stereocenters. The van der Waals surface area contributed by atoms with Crippen molar-refractivity contribution in [3.8, 4) is 0 Å². The molecule has 1 fully saturated rings. The summed E-state index contributed by atoms with van der Waals surface area (Å²) in [6, 6.07) is 8.62. The lowest BCUT2D eigenvalue weighted by Gasteiger charge is -2.38. The van der Waals surface area contributed by atoms with Crippen LogP contribution in [-0.2, 0) is 20.9 Å². The van der Waals surface area contributed by atoms with Gasteiger partial charge in [-0.05, 0) is 52.5 Å². The number of benzene rings is 1. The van der Waals surface area contributed by atoms with E-state index >= 15 is 0 Å². The van der Waals surface area contributed by atoms with Crippen LogP contribution in [0.2, 0.25) is 0 Å². The number of ether oxygens (including phenoxy) is 2. The Bertz CT molecular complexity index is 729. The molecule has 0 N–H and O–H groups in total. The second-order valence-electron chi connectivity index (χ2n) is 8.75. The minimum Gasteiger partial charge on any atom is -0.463 e. The molecule has 1 aromatic rings. The van der Waals surface area contributed by atoms with E-state index in [9.17, 15) is 14.4 Å². The summed E-state index contributed by atoms with van der Waals surface area (Å²) in [6.45, 7) is 9.49. The number of imide groups is 1. The van der Waals surface area contributed by atoms with Crippen LogP contribution >= 0.6 is 0 Å². The first-order chi connectivity index (χ1) is 14.1. The Kier molecular flexibility index (Phi) is 8.26. The van der Waals surface area contributed by atoms with Crippen LogP contribution in [0.4, 0.5) is 9.59 Å². The molecule has 0 bridgehead atoms. The smallest absolute Gasteiger partial charge is 0.418 e. The first-order valence-electron chi connectivity index (χ1n) is 10.6. The topological polar surface area (TPSA) is 76.2 Å². The van der Waals surface area contributed by atoms with E-state index < -0.39 is 17.7 Å². The lowest BCUT2D eigenvalue weighted by Crippen LogP contribution is -2.57. The number of hydrogen-bond donors (Lipinski definition) is 0. The number of nitrogens with zero attached hydrogens (tertiary/aromatic N) is 2. The van der Waals surface area contributed by atoms with Crippen LogP contribution in [0.25, 0.3) is 0 Å². The summed E-state index contributed by atoms with van der Waals surface area (Å²) >= 11 is 0. The van der Waals surface area contributed by atoms with Gasteiger partial charge in [-0.3, -0.25) is 4.79 Å². The van der Waals surface area contributed by atoms with Crippen molar-refractivity contribution in [2.75, 3.05) is 6.61 Å². The molecule has 0 aromatic heterocycles. The average Bonchev–Trinajstić information content (AvgIpc) is 3.05. The van der Waals surface area contributed by atoms with Crippen LogP contribution in [-0.4, -0.2) is 52.1 Å². The fraction of sp³-hybridized carbons (Fsp3) is 0.609. The maximum Gasteiger partial charge on any atom is 0.418 e. The van der Waals surface area contributed by atoms with Crippen LogP contribution in [0.5, 0.6) is 0 Å². The van der Waals surface area contributed by atoms with Gasteiger partial charge in [0.05, 0.1) is 6.04 Å². The van der Waals surface area contributed by atoms with E-state index in [0.29, 0.717) is 12.8 Å². The summed E-state index contributed by atoms with van der Waals surface area (Å²) in [7, 11) is 0. The summed E-state index contributed by atoms with van der Waals surface area (Å²) in [6.07, 6.45) is 1.91. The zero-order chi connectivity index (χ0) is 22.3. The molecule has 0 aliphatic carbocycles. The van der Waals surface area contributed by atoms with Gasteiger partial charge in [-0.2, -0.15) is 0 Å². The summed E-state index contributed by atoms with van der Waals surface area (Å²) < 4.78 is 10.8. The number of rotatable bonds is 6. The van der Waals surface area contributed by atoms with Crippen molar-refractivity contribution < 1.29 is 23.9 Å². The second kappa shape index (κ2) is 10.5. The van der Waals surface area contributed by atoms with E-state index in [2.05, 4.69) is 0 Å². The number of carbonyl (C=O) groups is 3. The fourth-order valence-electron chi connectivity index (χ4n) is 3.58. The second-order valence-corrected chi connectivity index (χ2v) is 8.75. The van der Waals surface area contributed by atoms with Gasteiger partial charge in [0.2, 0.25) is 0 Å². The van der Waals surface area contributed by atoms with Crippen LogP contribution in [0.1, 0.15) is 65.9 Å². The normalized spacial score (nSPS) is 18.8. The number of carbonyl (C=O) groups excluding carboxylic acids is 3. The van der Waals surface area contributed by atoms with Crippen LogP contribution < -0.4 is 0 Å². The van der Waals surface area contributed by atoms with E-state index in [0.717, 1.165) is 18.4 Å². The molecule has 1 aliphatic heterocycles. The molecule has 7 nitrogen and oxygen atoms in total. The molecule has 1 aromatic carbocycles. The summed E-state index contributed by atoms with van der Waals surface area (Å²) in [4.78, 5) is 40.9. The van der Waals surface area contributed by atoms with E-state index in [1.807, 2.05) is 44.2 Å². The highest BCUT2D eigenvalue weighted by molar-refractivity contribution is 5.92. The molecule has 2 atom stereocenters. The van der Waals surface area contributed by atoms with E-state index in [-0.39, 0.29) is 31.3 Å². The van der Waals surface area contributed by atoms with Gasteiger partial charge in [-0.1, -0.05) is 37.3 Å². The molecule has 1 aliphatic rings. The molecule has 30 heavy (non-hydrogen) atoms. The fourth-order valence-corrected chi connectivity index (χ4v) is 3.58. The molecule has 3 amide bonds. The molecule has 1 saturated heterocycles. The zero-order valence-electron chi connectivity index (χ0n) is 18.7.